The minimum atomic E-state index is -0.484. The molecule has 1 aromatic rings. The van der Waals surface area contributed by atoms with Crippen LogP contribution in [-0.4, -0.2) is 43.3 Å². The third-order valence-corrected chi connectivity index (χ3v) is 3.85. The van der Waals surface area contributed by atoms with Gasteiger partial charge in [0.2, 0.25) is 0 Å². The van der Waals surface area contributed by atoms with Gasteiger partial charge < -0.3 is 14.5 Å². The van der Waals surface area contributed by atoms with Gasteiger partial charge in [0, 0.05) is 30.9 Å². The van der Waals surface area contributed by atoms with Gasteiger partial charge in [0.05, 0.1) is 25.5 Å². The molecule has 0 amide bonds. The Morgan fingerprint density at radius 2 is 2.19 bits per heavy atom. The van der Waals surface area contributed by atoms with Crippen molar-refractivity contribution in [1.29, 1.82) is 0 Å². The molecule has 6 nitrogen and oxygen atoms in total. The van der Waals surface area contributed by atoms with Crippen LogP contribution in [0.2, 0.25) is 0 Å². The summed E-state index contributed by atoms with van der Waals surface area (Å²) in [6, 6.07) is 1.51. The lowest BCUT2D eigenvalue weighted by Crippen LogP contribution is -2.39. The molecule has 112 valence electrons. The van der Waals surface area contributed by atoms with E-state index in [0.717, 1.165) is 22.7 Å². The van der Waals surface area contributed by atoms with Gasteiger partial charge in [0.15, 0.2) is 0 Å². The molecule has 1 aromatic heterocycles. The number of ether oxygens (including phenoxy) is 2. The zero-order chi connectivity index (χ0) is 15.0. The maximum Gasteiger partial charge on any atom is 0.328 e. The molecule has 1 atom stereocenters. The molecule has 0 spiro atoms. The molecule has 21 heavy (non-hydrogen) atoms. The number of hydrogen-bond acceptors (Lipinski definition) is 6. The van der Waals surface area contributed by atoms with Gasteiger partial charge in [-0.2, -0.15) is 0 Å². The van der Waals surface area contributed by atoms with Gasteiger partial charge in [0.1, 0.15) is 11.8 Å². The number of hydrazine groups is 1. The van der Waals surface area contributed by atoms with E-state index in [1.165, 1.54) is 20.0 Å². The van der Waals surface area contributed by atoms with Crippen molar-refractivity contribution in [3.63, 3.8) is 0 Å². The molecule has 0 aromatic carbocycles. The first-order valence-corrected chi connectivity index (χ1v) is 6.98. The Kier molecular flexibility index (Phi) is 3.55. The van der Waals surface area contributed by atoms with Gasteiger partial charge in [-0.05, 0) is 18.9 Å². The summed E-state index contributed by atoms with van der Waals surface area (Å²) in [7, 11) is 4.88. The Labute approximate surface area is 123 Å². The Bertz CT molecular complexity index is 596. The smallest absolute Gasteiger partial charge is 0.328 e. The molecule has 0 saturated heterocycles. The number of esters is 1. The van der Waals surface area contributed by atoms with E-state index in [1.54, 1.807) is 12.1 Å². The first-order chi connectivity index (χ1) is 10.1. The van der Waals surface area contributed by atoms with Crippen LogP contribution in [0.25, 0.3) is 5.70 Å². The number of rotatable bonds is 4. The molecule has 1 unspecified atom stereocenters. The minimum Gasteiger partial charge on any atom is -0.496 e. The van der Waals surface area contributed by atoms with Crippen LogP contribution < -0.4 is 10.2 Å². The van der Waals surface area contributed by atoms with E-state index in [1.807, 2.05) is 25.4 Å². The molecule has 0 bridgehead atoms. The highest BCUT2D eigenvalue weighted by molar-refractivity contribution is 5.83. The van der Waals surface area contributed by atoms with Crippen molar-refractivity contribution in [2.24, 2.45) is 0 Å². The molecular formula is C15H19N3O3. The molecule has 1 aliphatic heterocycles. The first-order valence-electron chi connectivity index (χ1n) is 6.98. The van der Waals surface area contributed by atoms with Crippen molar-refractivity contribution in [3.8, 4) is 5.75 Å². The third-order valence-electron chi connectivity index (χ3n) is 3.85. The van der Waals surface area contributed by atoms with Crippen LogP contribution in [-0.2, 0) is 9.53 Å². The molecule has 2 aliphatic rings. The van der Waals surface area contributed by atoms with E-state index in [9.17, 15) is 4.79 Å². The van der Waals surface area contributed by atoms with Crippen LogP contribution in [0.1, 0.15) is 30.0 Å². The average Bonchev–Trinajstić information content (AvgIpc) is 3.28. The fourth-order valence-electron chi connectivity index (χ4n) is 2.52. The number of carbonyl (C=O) groups excluding carboxylic acids is 1. The van der Waals surface area contributed by atoms with E-state index in [0.29, 0.717) is 5.92 Å². The molecule has 0 radical (unpaired) electrons. The summed E-state index contributed by atoms with van der Waals surface area (Å²) in [4.78, 5) is 16.2. The zero-order valence-corrected chi connectivity index (χ0v) is 12.4. The highest BCUT2D eigenvalue weighted by Crippen LogP contribution is 2.41. The standard InChI is InChI=1S/C15H19N3O3/c1-18-13(6-12(17-18)15(19)21-3)10-8-16-11(9-4-5-9)7-14(10)20-2/h6-9,12,17H,4-5H2,1-3H3. The van der Waals surface area contributed by atoms with E-state index in [2.05, 4.69) is 10.4 Å². The number of pyridine rings is 1. The van der Waals surface area contributed by atoms with Crippen molar-refractivity contribution in [2.75, 3.05) is 21.3 Å². The predicted molar refractivity (Wildman–Crippen MR) is 77.4 cm³/mol. The summed E-state index contributed by atoms with van der Waals surface area (Å²) in [5, 5.41) is 1.79. The molecule has 3 rings (SSSR count). The number of nitrogens with zero attached hydrogens (tertiary/aromatic N) is 2. The zero-order valence-electron chi connectivity index (χ0n) is 12.4. The molecule has 6 heteroatoms. The van der Waals surface area contributed by atoms with Crippen LogP contribution in [0.4, 0.5) is 0 Å². The van der Waals surface area contributed by atoms with Gasteiger partial charge in [-0.1, -0.05) is 0 Å². The second kappa shape index (κ2) is 5.37. The summed E-state index contributed by atoms with van der Waals surface area (Å²) >= 11 is 0. The van der Waals surface area contributed by atoms with Crippen LogP contribution in [0.3, 0.4) is 0 Å². The highest BCUT2D eigenvalue weighted by Gasteiger charge is 2.30. The Morgan fingerprint density at radius 3 is 2.81 bits per heavy atom. The Hall–Kier alpha value is -2.08. The number of nitrogens with one attached hydrogen (secondary N) is 1. The fourth-order valence-corrected chi connectivity index (χ4v) is 2.52. The average molecular weight is 289 g/mol. The number of aromatic nitrogens is 1. The third kappa shape index (κ3) is 2.58. The maximum absolute atomic E-state index is 11.6. The molecule has 1 N–H and O–H groups in total. The van der Waals surface area contributed by atoms with Crippen molar-refractivity contribution < 1.29 is 14.3 Å². The second-order valence-corrected chi connectivity index (χ2v) is 5.32. The normalized spacial score (nSPS) is 21.2. The molecule has 1 saturated carbocycles. The lowest BCUT2D eigenvalue weighted by Gasteiger charge is -2.19. The van der Waals surface area contributed by atoms with Gasteiger partial charge in [-0.15, -0.1) is 0 Å². The lowest BCUT2D eigenvalue weighted by molar-refractivity contribution is -0.142. The first kappa shape index (κ1) is 13.9. The highest BCUT2D eigenvalue weighted by atomic mass is 16.5. The minimum absolute atomic E-state index is 0.321. The van der Waals surface area contributed by atoms with Crippen LogP contribution in [0, 0.1) is 0 Å². The lowest BCUT2D eigenvalue weighted by atomic mass is 10.1. The van der Waals surface area contributed by atoms with E-state index < -0.39 is 6.04 Å². The van der Waals surface area contributed by atoms with E-state index in [4.69, 9.17) is 9.47 Å². The number of carbonyl (C=O) groups is 1. The van der Waals surface area contributed by atoms with Crippen molar-refractivity contribution in [1.82, 2.24) is 15.4 Å². The van der Waals surface area contributed by atoms with Crippen molar-refractivity contribution in [3.05, 3.63) is 29.6 Å². The molecule has 2 heterocycles. The summed E-state index contributed by atoms with van der Waals surface area (Å²) in [5.41, 5.74) is 5.84. The Balaban J connectivity index is 1.93. The molecular weight excluding hydrogens is 270 g/mol. The van der Waals surface area contributed by atoms with E-state index >= 15 is 0 Å². The Morgan fingerprint density at radius 1 is 1.43 bits per heavy atom. The maximum atomic E-state index is 11.6. The van der Waals surface area contributed by atoms with Crippen LogP contribution in [0.5, 0.6) is 5.75 Å². The SMILES string of the molecule is COC(=O)C1C=C(c2cnc(C3CC3)cc2OC)N(C)N1. The fraction of sp³-hybridized carbons (Fsp3) is 0.467. The summed E-state index contributed by atoms with van der Waals surface area (Å²) in [5.74, 6) is 1.03. The van der Waals surface area contributed by atoms with Gasteiger partial charge in [0.25, 0.3) is 0 Å². The van der Waals surface area contributed by atoms with E-state index in [-0.39, 0.29) is 5.97 Å². The summed E-state index contributed by atoms with van der Waals surface area (Å²) in [6.07, 6.45) is 6.03. The van der Waals surface area contributed by atoms with Crippen molar-refractivity contribution >= 4 is 11.7 Å². The second-order valence-electron chi connectivity index (χ2n) is 5.32. The topological polar surface area (TPSA) is 63.7 Å². The molecule has 1 aliphatic carbocycles. The van der Waals surface area contributed by atoms with Crippen LogP contribution in [0.15, 0.2) is 18.3 Å². The predicted octanol–water partition coefficient (Wildman–Crippen LogP) is 1.30. The summed E-state index contributed by atoms with van der Waals surface area (Å²) < 4.78 is 10.3. The van der Waals surface area contributed by atoms with Gasteiger partial charge in [-0.3, -0.25) is 4.98 Å². The van der Waals surface area contributed by atoms with Gasteiger partial charge in [-0.25, -0.2) is 10.2 Å². The number of hydrogen-bond donors (Lipinski definition) is 1. The van der Waals surface area contributed by atoms with Gasteiger partial charge >= 0.3 is 5.97 Å². The van der Waals surface area contributed by atoms with Crippen LogP contribution >= 0.6 is 0 Å². The molecule has 1 fully saturated rings. The quantitative estimate of drug-likeness (QED) is 0.843. The largest absolute Gasteiger partial charge is 0.496 e. The number of methoxy groups -OCH3 is 2. The summed E-state index contributed by atoms with van der Waals surface area (Å²) in [6.45, 7) is 0. The monoisotopic (exact) mass is 289 g/mol. The van der Waals surface area contributed by atoms with Crippen molar-refractivity contribution in [2.45, 2.75) is 24.8 Å².